The van der Waals surface area contributed by atoms with E-state index in [0.717, 1.165) is 64.2 Å². The Bertz CT molecular complexity index is 1080. The molecule has 0 aromatic rings. The Labute approximate surface area is 343 Å². The highest BCUT2D eigenvalue weighted by atomic mass is 31.2. The van der Waals surface area contributed by atoms with E-state index in [-0.39, 0.29) is 32.8 Å². The molecule has 9 nitrogen and oxygen atoms in total. The first kappa shape index (κ1) is 54.0. The van der Waals surface area contributed by atoms with Crippen molar-refractivity contribution in [2.24, 2.45) is 0 Å². The van der Waals surface area contributed by atoms with Gasteiger partial charge in [0.05, 0.1) is 34.0 Å². The predicted molar refractivity (Wildman–Crippen MR) is 234 cm³/mol. The van der Waals surface area contributed by atoms with Crippen LogP contribution >= 0.6 is 7.82 Å². The van der Waals surface area contributed by atoms with Crippen molar-refractivity contribution in [3.05, 3.63) is 60.9 Å². The number of carbonyl (C=O) groups is 1. The maximum absolute atomic E-state index is 12.7. The number of rotatable bonds is 41. The van der Waals surface area contributed by atoms with Crippen molar-refractivity contribution < 1.29 is 42.4 Å². The van der Waals surface area contributed by atoms with Gasteiger partial charge in [-0.25, -0.2) is 4.57 Å². The van der Waals surface area contributed by atoms with Crippen LogP contribution in [0.15, 0.2) is 60.9 Å². The van der Waals surface area contributed by atoms with Crippen molar-refractivity contribution in [1.82, 2.24) is 0 Å². The van der Waals surface area contributed by atoms with Crippen LogP contribution in [-0.2, 0) is 27.9 Å². The molecule has 0 amide bonds. The van der Waals surface area contributed by atoms with E-state index in [0.29, 0.717) is 17.4 Å². The normalized spacial score (nSPS) is 14.2. The highest BCUT2D eigenvalue weighted by Crippen LogP contribution is 2.43. The van der Waals surface area contributed by atoms with E-state index in [1.54, 1.807) is 6.26 Å². The third kappa shape index (κ3) is 43.1. The molecule has 0 radical (unpaired) electrons. The van der Waals surface area contributed by atoms with Gasteiger partial charge in [-0.1, -0.05) is 145 Å². The van der Waals surface area contributed by atoms with Gasteiger partial charge >= 0.3 is 13.8 Å². The van der Waals surface area contributed by atoms with Crippen LogP contribution in [-0.4, -0.2) is 80.7 Å². The van der Waals surface area contributed by atoms with E-state index >= 15 is 0 Å². The van der Waals surface area contributed by atoms with E-state index in [2.05, 4.69) is 55.5 Å². The lowest BCUT2D eigenvalue weighted by Gasteiger charge is -2.24. The number of unbranched alkanes of at least 4 members (excludes halogenated alkanes) is 18. The van der Waals surface area contributed by atoms with Crippen LogP contribution in [0.2, 0.25) is 0 Å². The summed E-state index contributed by atoms with van der Waals surface area (Å²) < 4.78 is 34.7. The molecule has 326 valence electrons. The molecule has 56 heavy (non-hydrogen) atoms. The SMILES string of the molecule is CCCCCCCCCCCCCCCC/C=C/OC[C@H](COP(=O)(O)OCC[N+](C)(C)C)OC(=O)CCC/C=C\C/C=C\C/C=C\C/C=C\CCCCCO. The van der Waals surface area contributed by atoms with Crippen molar-refractivity contribution in [1.29, 1.82) is 0 Å². The molecule has 0 aliphatic carbocycles. The maximum Gasteiger partial charge on any atom is 0.472 e. The number of esters is 1. The Hall–Kier alpha value is -2.00. The maximum atomic E-state index is 12.7. The summed E-state index contributed by atoms with van der Waals surface area (Å²) in [5, 5.41) is 8.80. The molecule has 0 bridgehead atoms. The third-order valence-corrected chi connectivity index (χ3v) is 10.2. The molecule has 0 heterocycles. The molecule has 0 aliphatic heterocycles. The molecular weight excluding hydrogens is 725 g/mol. The topological polar surface area (TPSA) is 112 Å². The van der Waals surface area contributed by atoms with Crippen molar-refractivity contribution in [3.63, 3.8) is 0 Å². The van der Waals surface area contributed by atoms with E-state index < -0.39 is 19.9 Å². The molecule has 0 saturated carbocycles. The predicted octanol–water partition coefficient (Wildman–Crippen LogP) is 12.3. The zero-order chi connectivity index (χ0) is 41.3. The highest BCUT2D eigenvalue weighted by molar-refractivity contribution is 7.47. The van der Waals surface area contributed by atoms with E-state index in [1.807, 2.05) is 27.2 Å². The number of hydrogen-bond donors (Lipinski definition) is 2. The molecule has 0 aliphatic rings. The molecule has 0 fully saturated rings. The van der Waals surface area contributed by atoms with Gasteiger partial charge in [0.15, 0.2) is 6.10 Å². The Balaban J connectivity index is 4.38. The van der Waals surface area contributed by atoms with Gasteiger partial charge in [-0.15, -0.1) is 0 Å². The molecule has 0 aromatic heterocycles. The van der Waals surface area contributed by atoms with Crippen LogP contribution in [0, 0.1) is 0 Å². The summed E-state index contributed by atoms with van der Waals surface area (Å²) in [5.74, 6) is -0.399. The molecule has 0 spiro atoms. The van der Waals surface area contributed by atoms with Gasteiger partial charge in [0.1, 0.15) is 19.8 Å². The Kier molecular flexibility index (Phi) is 38.4. The lowest BCUT2D eigenvalue weighted by atomic mass is 10.0. The number of nitrogens with zero attached hydrogens (tertiary/aromatic N) is 1. The standard InChI is InChI=1S/C46H84NO8P/c1-5-6-7-8-9-10-11-12-13-19-22-25-28-31-34-37-41-52-43-45(44-54-56(50,51)53-42-39-47(2,3)4)55-46(49)38-35-32-29-26-23-20-17-15-14-16-18-21-24-27-30-33-36-40-48/h14,16-17,20-21,24,26,29,37,41,45,48H,5-13,15,18-19,22-23,25,27-28,30-36,38-40,42-44H2,1-4H3/p+1/b16-14-,20-17-,24-21-,29-26-,41-37+/t45-/m1/s1. The van der Waals surface area contributed by atoms with Gasteiger partial charge in [0, 0.05) is 13.0 Å². The fraction of sp³-hybridized carbons (Fsp3) is 0.761. The van der Waals surface area contributed by atoms with Crippen LogP contribution in [0.4, 0.5) is 0 Å². The second kappa shape index (κ2) is 39.8. The minimum atomic E-state index is -4.31. The summed E-state index contributed by atoms with van der Waals surface area (Å²) in [6.07, 6.45) is 48.0. The van der Waals surface area contributed by atoms with Gasteiger partial charge in [0.25, 0.3) is 0 Å². The van der Waals surface area contributed by atoms with Crippen LogP contribution in [0.1, 0.15) is 167 Å². The molecule has 0 rings (SSSR count). The summed E-state index contributed by atoms with van der Waals surface area (Å²) >= 11 is 0. The van der Waals surface area contributed by atoms with E-state index in [4.69, 9.17) is 23.6 Å². The number of likely N-dealkylation sites (N-methyl/N-ethyl adjacent to an activating group) is 1. The number of carbonyl (C=O) groups excluding carboxylic acids is 1. The average molecular weight is 811 g/mol. The Morgan fingerprint density at radius 3 is 1.59 bits per heavy atom. The number of allylic oxidation sites excluding steroid dienone is 9. The van der Waals surface area contributed by atoms with Crippen molar-refractivity contribution in [2.75, 3.05) is 54.1 Å². The monoisotopic (exact) mass is 811 g/mol. The number of quaternary nitrogens is 1. The molecule has 1 unspecified atom stereocenters. The Morgan fingerprint density at radius 2 is 1.07 bits per heavy atom. The number of ether oxygens (including phenoxy) is 2. The van der Waals surface area contributed by atoms with Crippen LogP contribution in [0.25, 0.3) is 0 Å². The number of aliphatic hydroxyl groups excluding tert-OH is 1. The number of phosphoric ester groups is 1. The van der Waals surface area contributed by atoms with Gasteiger partial charge in [-0.3, -0.25) is 13.8 Å². The fourth-order valence-corrected chi connectivity index (χ4v) is 6.47. The van der Waals surface area contributed by atoms with Gasteiger partial charge in [-0.2, -0.15) is 0 Å². The Morgan fingerprint density at radius 1 is 0.607 bits per heavy atom. The summed E-state index contributed by atoms with van der Waals surface area (Å²) in [7, 11) is 1.58. The van der Waals surface area contributed by atoms with Crippen molar-refractivity contribution in [2.45, 2.75) is 174 Å². The van der Waals surface area contributed by atoms with E-state index in [9.17, 15) is 14.3 Å². The zero-order valence-electron chi connectivity index (χ0n) is 36.3. The van der Waals surface area contributed by atoms with Crippen LogP contribution in [0.5, 0.6) is 0 Å². The molecule has 0 saturated heterocycles. The molecule has 0 aromatic carbocycles. The lowest BCUT2D eigenvalue weighted by molar-refractivity contribution is -0.870. The van der Waals surface area contributed by atoms with Crippen LogP contribution in [0.3, 0.4) is 0 Å². The third-order valence-electron chi connectivity index (χ3n) is 9.20. The minimum Gasteiger partial charge on any atom is -0.498 e. The second-order valence-electron chi connectivity index (χ2n) is 15.9. The molecule has 10 heteroatoms. The van der Waals surface area contributed by atoms with Crippen molar-refractivity contribution in [3.8, 4) is 0 Å². The summed E-state index contributed by atoms with van der Waals surface area (Å²) in [6.45, 7) is 2.86. The first-order valence-corrected chi connectivity index (χ1v) is 23.7. The van der Waals surface area contributed by atoms with Crippen molar-refractivity contribution >= 4 is 13.8 Å². The largest absolute Gasteiger partial charge is 0.498 e. The first-order chi connectivity index (χ1) is 27.1. The highest BCUT2D eigenvalue weighted by Gasteiger charge is 2.26. The summed E-state index contributed by atoms with van der Waals surface area (Å²) in [6, 6.07) is 0. The summed E-state index contributed by atoms with van der Waals surface area (Å²) in [5.41, 5.74) is 0. The fourth-order valence-electron chi connectivity index (χ4n) is 5.73. The molecule has 2 N–H and O–H groups in total. The minimum absolute atomic E-state index is 0.0180. The van der Waals surface area contributed by atoms with Gasteiger partial charge in [-0.05, 0) is 70.3 Å². The number of phosphoric acid groups is 1. The first-order valence-electron chi connectivity index (χ1n) is 22.2. The quantitative estimate of drug-likeness (QED) is 0.0157. The van der Waals surface area contributed by atoms with Gasteiger partial charge in [0.2, 0.25) is 0 Å². The zero-order valence-corrected chi connectivity index (χ0v) is 37.2. The smallest absolute Gasteiger partial charge is 0.472 e. The number of hydrogen-bond acceptors (Lipinski definition) is 7. The van der Waals surface area contributed by atoms with Crippen LogP contribution < -0.4 is 0 Å². The summed E-state index contributed by atoms with van der Waals surface area (Å²) in [4.78, 5) is 22.8. The lowest BCUT2D eigenvalue weighted by Crippen LogP contribution is -2.37. The second-order valence-corrected chi connectivity index (χ2v) is 17.3. The number of aliphatic hydroxyl groups is 1. The van der Waals surface area contributed by atoms with Gasteiger partial charge < -0.3 is 24.0 Å². The molecular formula is C46H85NO8P+. The van der Waals surface area contributed by atoms with E-state index in [1.165, 1.54) is 83.5 Å². The molecule has 2 atom stereocenters. The average Bonchev–Trinajstić information content (AvgIpc) is 3.15.